The zero-order valence-corrected chi connectivity index (χ0v) is 12.2. The Morgan fingerprint density at radius 3 is 2.47 bits per heavy atom. The zero-order chi connectivity index (χ0) is 14.6. The molecule has 1 aliphatic heterocycles. The lowest BCUT2D eigenvalue weighted by Gasteiger charge is -2.21. The van der Waals surface area contributed by atoms with E-state index in [1.807, 2.05) is 0 Å². The number of hydrogen-bond donors (Lipinski definition) is 0. The van der Waals surface area contributed by atoms with Crippen LogP contribution in [0.5, 0.6) is 0 Å². The number of rotatable bonds is 5. The molecule has 0 spiro atoms. The van der Waals surface area contributed by atoms with Crippen molar-refractivity contribution >= 4 is 17.7 Å². The molecule has 0 aromatic rings. The van der Waals surface area contributed by atoms with Crippen molar-refractivity contribution in [2.45, 2.75) is 52.6 Å². The van der Waals surface area contributed by atoms with Crippen molar-refractivity contribution in [2.24, 2.45) is 5.92 Å². The van der Waals surface area contributed by atoms with Crippen LogP contribution in [0.1, 0.15) is 47.0 Å². The highest BCUT2D eigenvalue weighted by atomic mass is 16.6. The van der Waals surface area contributed by atoms with E-state index in [9.17, 15) is 14.4 Å². The van der Waals surface area contributed by atoms with Crippen LogP contribution in [-0.2, 0) is 19.1 Å². The molecular weight excluding hydrogens is 246 g/mol. The highest BCUT2D eigenvalue weighted by Crippen LogP contribution is 2.19. The van der Waals surface area contributed by atoms with E-state index in [1.54, 1.807) is 20.8 Å². The molecule has 0 aromatic heterocycles. The van der Waals surface area contributed by atoms with Crippen molar-refractivity contribution < 1.29 is 19.1 Å². The largest absolute Gasteiger partial charge is 0.459 e. The second-order valence-electron chi connectivity index (χ2n) is 5.91. The number of ketones is 1. The predicted octanol–water partition coefficient (Wildman–Crippen LogP) is 1.55. The second kappa shape index (κ2) is 6.17. The molecule has 1 unspecified atom stereocenters. The van der Waals surface area contributed by atoms with Crippen LogP contribution >= 0.6 is 0 Å². The maximum Gasteiger partial charge on any atom is 0.319 e. The summed E-state index contributed by atoms with van der Waals surface area (Å²) in [6.07, 6.45) is 2.91. The Hall–Kier alpha value is -1.39. The summed E-state index contributed by atoms with van der Waals surface area (Å²) in [5, 5.41) is 0. The van der Waals surface area contributed by atoms with Gasteiger partial charge in [-0.05, 0) is 27.2 Å². The second-order valence-corrected chi connectivity index (χ2v) is 5.91. The number of nitrogens with zero attached hydrogens (tertiary/aromatic N) is 1. The van der Waals surface area contributed by atoms with Gasteiger partial charge in [-0.1, -0.05) is 19.8 Å². The maximum absolute atomic E-state index is 11.9. The average Bonchev–Trinajstić information content (AvgIpc) is 2.55. The van der Waals surface area contributed by atoms with Crippen LogP contribution < -0.4 is 0 Å². The Labute approximate surface area is 114 Å². The fraction of sp³-hybridized carbons (Fsp3) is 0.786. The van der Waals surface area contributed by atoms with E-state index in [-0.39, 0.29) is 6.54 Å². The molecule has 19 heavy (non-hydrogen) atoms. The molecule has 1 saturated heterocycles. The molecule has 1 amide bonds. The fourth-order valence-electron chi connectivity index (χ4n) is 1.99. The first-order valence-electron chi connectivity index (χ1n) is 6.82. The number of amides is 1. The summed E-state index contributed by atoms with van der Waals surface area (Å²) >= 11 is 0. The number of carbonyl (C=O) groups is 3. The van der Waals surface area contributed by atoms with Gasteiger partial charge < -0.3 is 9.64 Å². The van der Waals surface area contributed by atoms with Crippen molar-refractivity contribution in [3.63, 3.8) is 0 Å². The molecule has 5 heteroatoms. The van der Waals surface area contributed by atoms with Crippen molar-refractivity contribution in [1.82, 2.24) is 4.90 Å². The molecular formula is C14H23NO4. The third-order valence-corrected chi connectivity index (χ3v) is 2.94. The lowest BCUT2D eigenvalue weighted by atomic mass is 10.1. The first kappa shape index (κ1) is 15.7. The van der Waals surface area contributed by atoms with Crippen LogP contribution in [0.15, 0.2) is 0 Å². The van der Waals surface area contributed by atoms with Gasteiger partial charge in [0.25, 0.3) is 5.91 Å². The molecule has 0 aromatic carbocycles. The van der Waals surface area contributed by atoms with Gasteiger partial charge in [0.2, 0.25) is 5.78 Å². The summed E-state index contributed by atoms with van der Waals surface area (Å²) in [5.74, 6) is -2.73. The molecule has 0 bridgehead atoms. The topological polar surface area (TPSA) is 63.7 Å². The molecule has 1 atom stereocenters. The zero-order valence-electron chi connectivity index (χ0n) is 12.2. The van der Waals surface area contributed by atoms with Crippen LogP contribution in [0.4, 0.5) is 0 Å². The Balaban J connectivity index is 2.60. The summed E-state index contributed by atoms with van der Waals surface area (Å²) in [7, 11) is 0. The van der Waals surface area contributed by atoms with Gasteiger partial charge >= 0.3 is 5.97 Å². The van der Waals surface area contributed by atoms with E-state index in [4.69, 9.17) is 4.74 Å². The lowest BCUT2D eigenvalue weighted by molar-refractivity contribution is -0.161. The monoisotopic (exact) mass is 269 g/mol. The minimum Gasteiger partial charge on any atom is -0.459 e. The number of carbonyl (C=O) groups excluding carboxylic acids is 3. The first-order chi connectivity index (χ1) is 8.76. The van der Waals surface area contributed by atoms with Crippen LogP contribution in [0.25, 0.3) is 0 Å². The number of likely N-dealkylation sites (tertiary alicyclic amines) is 1. The summed E-state index contributed by atoms with van der Waals surface area (Å²) < 4.78 is 5.18. The minimum absolute atomic E-state index is 0.163. The van der Waals surface area contributed by atoms with Gasteiger partial charge in [0.1, 0.15) is 11.5 Å². The number of unbranched alkanes of at least 4 members (excludes halogenated alkanes) is 2. The number of Topliss-reactive ketones (excluding diaryl/α,β-unsaturated/α-hetero) is 1. The quantitative estimate of drug-likeness (QED) is 0.329. The molecule has 0 radical (unpaired) electrons. The summed E-state index contributed by atoms with van der Waals surface area (Å²) in [5.41, 5.74) is -0.643. The Bertz CT molecular complexity index is 370. The van der Waals surface area contributed by atoms with E-state index in [0.717, 1.165) is 19.3 Å². The molecule has 1 rings (SSSR count). The number of ether oxygens (including phenoxy) is 1. The van der Waals surface area contributed by atoms with E-state index >= 15 is 0 Å². The van der Waals surface area contributed by atoms with Gasteiger partial charge in [-0.3, -0.25) is 14.4 Å². The predicted molar refractivity (Wildman–Crippen MR) is 70.4 cm³/mol. The SMILES string of the molecule is CCCCCN1CC(C(=O)OC(C)(C)C)C(=O)C1=O. The normalized spacial score (nSPS) is 20.0. The summed E-state index contributed by atoms with van der Waals surface area (Å²) in [6.45, 7) is 8.00. The van der Waals surface area contributed by atoms with Crippen molar-refractivity contribution in [2.75, 3.05) is 13.1 Å². The summed E-state index contributed by atoms with van der Waals surface area (Å²) in [6, 6.07) is 0. The van der Waals surface area contributed by atoms with Crippen LogP contribution in [0.3, 0.4) is 0 Å². The molecule has 0 aliphatic carbocycles. The highest BCUT2D eigenvalue weighted by Gasteiger charge is 2.44. The standard InChI is InChI=1S/C14H23NO4/c1-5-6-7-8-15-9-10(11(16)12(15)17)13(18)19-14(2,3)4/h10H,5-9H2,1-4H3. The summed E-state index contributed by atoms with van der Waals surface area (Å²) in [4.78, 5) is 36.9. The average molecular weight is 269 g/mol. The molecule has 1 fully saturated rings. The van der Waals surface area contributed by atoms with Gasteiger partial charge in [0.05, 0.1) is 0 Å². The number of esters is 1. The molecule has 1 aliphatic rings. The Morgan fingerprint density at radius 2 is 1.95 bits per heavy atom. The van der Waals surface area contributed by atoms with Gasteiger partial charge in [0.15, 0.2) is 0 Å². The van der Waals surface area contributed by atoms with E-state index in [2.05, 4.69) is 6.92 Å². The van der Waals surface area contributed by atoms with Gasteiger partial charge in [0, 0.05) is 13.1 Å². The van der Waals surface area contributed by atoms with E-state index < -0.39 is 29.2 Å². The smallest absolute Gasteiger partial charge is 0.319 e. The van der Waals surface area contributed by atoms with Crippen LogP contribution in [-0.4, -0.2) is 41.3 Å². The van der Waals surface area contributed by atoms with Crippen LogP contribution in [0, 0.1) is 5.92 Å². The third-order valence-electron chi connectivity index (χ3n) is 2.94. The molecule has 5 nitrogen and oxygen atoms in total. The van der Waals surface area contributed by atoms with Crippen molar-refractivity contribution in [3.8, 4) is 0 Å². The van der Waals surface area contributed by atoms with E-state index in [1.165, 1.54) is 4.90 Å². The third kappa shape index (κ3) is 4.33. The van der Waals surface area contributed by atoms with Crippen molar-refractivity contribution in [1.29, 1.82) is 0 Å². The van der Waals surface area contributed by atoms with Gasteiger partial charge in [-0.2, -0.15) is 0 Å². The lowest BCUT2D eigenvalue weighted by Crippen LogP contribution is -2.32. The maximum atomic E-state index is 11.9. The molecule has 108 valence electrons. The van der Waals surface area contributed by atoms with Crippen LogP contribution in [0.2, 0.25) is 0 Å². The molecule has 0 saturated carbocycles. The van der Waals surface area contributed by atoms with Gasteiger partial charge in [-0.25, -0.2) is 0 Å². The Kier molecular flexibility index (Phi) is 5.09. The van der Waals surface area contributed by atoms with Crippen molar-refractivity contribution in [3.05, 3.63) is 0 Å². The Morgan fingerprint density at radius 1 is 1.32 bits per heavy atom. The molecule has 0 N–H and O–H groups in total. The fourth-order valence-corrected chi connectivity index (χ4v) is 1.99. The first-order valence-corrected chi connectivity index (χ1v) is 6.82. The number of hydrogen-bond acceptors (Lipinski definition) is 4. The molecule has 1 heterocycles. The highest BCUT2D eigenvalue weighted by molar-refractivity contribution is 6.42. The minimum atomic E-state index is -0.951. The van der Waals surface area contributed by atoms with Gasteiger partial charge in [-0.15, -0.1) is 0 Å². The van der Waals surface area contributed by atoms with E-state index in [0.29, 0.717) is 6.54 Å².